The van der Waals surface area contributed by atoms with E-state index in [0.29, 0.717) is 0 Å². The van der Waals surface area contributed by atoms with Crippen LogP contribution in [0.5, 0.6) is 0 Å². The number of allylic oxidation sites excluding steroid dienone is 2. The van der Waals surface area contributed by atoms with Crippen LogP contribution in [0.25, 0.3) is 27.6 Å². The molecule has 194 valence electrons. The lowest BCUT2D eigenvalue weighted by molar-refractivity contribution is -0.137. The summed E-state index contributed by atoms with van der Waals surface area (Å²) in [7, 11) is 0. The topological polar surface area (TPSA) is 55.1 Å². The van der Waals surface area contributed by atoms with Gasteiger partial charge >= 0.3 is 6.18 Å². The zero-order valence-electron chi connectivity index (χ0n) is 21.1. The first kappa shape index (κ1) is 23.4. The summed E-state index contributed by atoms with van der Waals surface area (Å²) >= 11 is 0. The van der Waals surface area contributed by atoms with Crippen molar-refractivity contribution in [1.82, 2.24) is 15.1 Å². The predicted octanol–water partition coefficient (Wildman–Crippen LogP) is 7.56. The summed E-state index contributed by atoms with van der Waals surface area (Å²) in [5, 5.41) is 6.50. The smallest absolute Gasteiger partial charge is 0.371 e. The number of fused-ring (bicyclic) bond motifs is 1. The normalized spacial score (nSPS) is 19.1. The van der Waals surface area contributed by atoms with E-state index in [0.717, 1.165) is 79.2 Å². The third-order valence-corrected chi connectivity index (χ3v) is 8.36. The van der Waals surface area contributed by atoms with Crippen molar-refractivity contribution >= 4 is 22.0 Å². The molecular weight excluding hydrogens is 489 g/mol. The number of halogens is 3. The zero-order valence-corrected chi connectivity index (χ0v) is 21.1. The van der Waals surface area contributed by atoms with Gasteiger partial charge in [0.15, 0.2) is 0 Å². The molecule has 7 rings (SSSR count). The fraction of sp³-hybridized carbons (Fsp3) is 0.367. The molecule has 2 fully saturated rings. The number of anilines is 1. The Kier molecular flexibility index (Phi) is 5.19. The van der Waals surface area contributed by atoms with E-state index < -0.39 is 11.7 Å². The van der Waals surface area contributed by atoms with Gasteiger partial charge < -0.3 is 9.42 Å². The Morgan fingerprint density at radius 3 is 2.55 bits per heavy atom. The van der Waals surface area contributed by atoms with E-state index in [1.807, 2.05) is 13.1 Å². The van der Waals surface area contributed by atoms with Gasteiger partial charge in [0.1, 0.15) is 11.5 Å². The van der Waals surface area contributed by atoms with Crippen LogP contribution in [0.1, 0.15) is 60.6 Å². The highest BCUT2D eigenvalue weighted by atomic mass is 19.4. The summed E-state index contributed by atoms with van der Waals surface area (Å²) in [5.41, 5.74) is 3.63. The maximum Gasteiger partial charge on any atom is 0.417 e. The van der Waals surface area contributed by atoms with Gasteiger partial charge in [-0.05, 0) is 79.7 Å². The van der Waals surface area contributed by atoms with E-state index in [4.69, 9.17) is 4.52 Å². The lowest BCUT2D eigenvalue weighted by Crippen LogP contribution is -2.42. The molecule has 0 bridgehead atoms. The maximum atomic E-state index is 13.8. The molecule has 1 spiro atoms. The van der Waals surface area contributed by atoms with E-state index in [2.05, 4.69) is 50.4 Å². The van der Waals surface area contributed by atoms with Crippen molar-refractivity contribution in [3.8, 4) is 11.3 Å². The van der Waals surface area contributed by atoms with E-state index in [9.17, 15) is 13.2 Å². The van der Waals surface area contributed by atoms with Crippen molar-refractivity contribution in [3.05, 3.63) is 77.6 Å². The number of aromatic nitrogens is 3. The van der Waals surface area contributed by atoms with Gasteiger partial charge in [-0.25, -0.2) is 0 Å². The lowest BCUT2D eigenvalue weighted by atomic mass is 9.63. The number of benzene rings is 1. The molecule has 1 saturated carbocycles. The highest BCUT2D eigenvalue weighted by molar-refractivity contribution is 5.86. The summed E-state index contributed by atoms with van der Waals surface area (Å²) in [6.07, 6.45) is 6.95. The summed E-state index contributed by atoms with van der Waals surface area (Å²) in [4.78, 5) is 10.8. The molecule has 38 heavy (non-hydrogen) atoms. The molecule has 0 unspecified atom stereocenters. The largest absolute Gasteiger partial charge is 0.417 e. The Morgan fingerprint density at radius 2 is 1.82 bits per heavy atom. The average molecular weight is 517 g/mol. The van der Waals surface area contributed by atoms with Crippen molar-refractivity contribution in [2.45, 2.75) is 51.1 Å². The molecule has 3 aliphatic rings. The van der Waals surface area contributed by atoms with E-state index >= 15 is 0 Å². The van der Waals surface area contributed by atoms with Gasteiger partial charge in [0.2, 0.25) is 0 Å². The molecule has 2 aliphatic carbocycles. The molecule has 0 amide bonds. The van der Waals surface area contributed by atoms with Crippen molar-refractivity contribution < 1.29 is 17.7 Å². The second kappa shape index (κ2) is 8.41. The highest BCUT2D eigenvalue weighted by Gasteiger charge is 2.45. The Morgan fingerprint density at radius 1 is 1.03 bits per heavy atom. The number of hydrogen-bond acceptors (Lipinski definition) is 5. The van der Waals surface area contributed by atoms with E-state index in [-0.39, 0.29) is 22.6 Å². The first-order valence-electron chi connectivity index (χ1n) is 13.1. The molecular formula is C30H27F3N4O. The summed E-state index contributed by atoms with van der Waals surface area (Å²) in [6.45, 7) is 3.86. The number of nitrogens with zero attached hydrogens (tertiary/aromatic N) is 4. The van der Waals surface area contributed by atoms with Crippen LogP contribution in [0.2, 0.25) is 0 Å². The predicted molar refractivity (Wildman–Crippen MR) is 140 cm³/mol. The van der Waals surface area contributed by atoms with Gasteiger partial charge in [0.25, 0.3) is 0 Å². The molecule has 4 aromatic rings. The second-order valence-electron chi connectivity index (χ2n) is 11.0. The Balaban J connectivity index is 1.15. The van der Waals surface area contributed by atoms with Gasteiger partial charge in [0, 0.05) is 65.5 Å². The highest BCUT2D eigenvalue weighted by Crippen LogP contribution is 2.56. The second-order valence-corrected chi connectivity index (χ2v) is 11.0. The number of rotatable bonds is 4. The Labute approximate surface area is 218 Å². The summed E-state index contributed by atoms with van der Waals surface area (Å²) < 4.78 is 47.1. The van der Waals surface area contributed by atoms with Crippen LogP contribution >= 0.6 is 0 Å². The first-order chi connectivity index (χ1) is 18.3. The van der Waals surface area contributed by atoms with Crippen LogP contribution in [0.4, 0.5) is 18.9 Å². The third kappa shape index (κ3) is 3.97. The minimum Gasteiger partial charge on any atom is -0.371 e. The summed E-state index contributed by atoms with van der Waals surface area (Å²) in [6, 6.07) is 9.66. The maximum absolute atomic E-state index is 13.8. The first-order valence-corrected chi connectivity index (χ1v) is 13.1. The molecule has 8 heteroatoms. The molecule has 4 heterocycles. The van der Waals surface area contributed by atoms with Crippen molar-refractivity contribution in [3.63, 3.8) is 0 Å². The standard InChI is InChI=1S/C30H27F3N4O/c1-18-12-20-4-5-23(13-21(20)16-35-18)37-10-7-29(8-11-37)14-22(15-29)26-27(36-38-28(26)19-2-3-19)24-17-34-9-6-25(24)30(31,32)33/h4-6,9,12-14,16-17,19H,2-3,7-8,10-11,15H2,1H3. The molecule has 5 nitrogen and oxygen atoms in total. The van der Waals surface area contributed by atoms with Crippen LogP contribution in [0.3, 0.4) is 0 Å². The van der Waals surface area contributed by atoms with Gasteiger partial charge in [-0.3, -0.25) is 9.97 Å². The molecule has 1 aliphatic heterocycles. The average Bonchev–Trinajstić information content (AvgIpc) is 3.65. The lowest BCUT2D eigenvalue weighted by Gasteiger charge is -2.47. The van der Waals surface area contributed by atoms with Crippen LogP contribution in [-0.4, -0.2) is 28.2 Å². The van der Waals surface area contributed by atoms with Crippen LogP contribution < -0.4 is 4.90 Å². The number of alkyl halides is 3. The van der Waals surface area contributed by atoms with Crippen LogP contribution in [-0.2, 0) is 6.18 Å². The fourth-order valence-corrected chi connectivity index (χ4v) is 6.10. The molecule has 1 aromatic carbocycles. The molecule has 1 saturated heterocycles. The molecule has 3 aromatic heterocycles. The summed E-state index contributed by atoms with van der Waals surface area (Å²) in [5.74, 6) is 0.971. The molecule has 0 atom stereocenters. The molecule has 0 N–H and O–H groups in total. The van der Waals surface area contributed by atoms with Crippen molar-refractivity contribution in [1.29, 1.82) is 0 Å². The number of piperidine rings is 1. The Bertz CT molecular complexity index is 1580. The van der Waals surface area contributed by atoms with Gasteiger partial charge in [0.05, 0.1) is 5.56 Å². The van der Waals surface area contributed by atoms with Crippen LogP contribution in [0.15, 0.2) is 59.5 Å². The Hall–Kier alpha value is -3.68. The van der Waals surface area contributed by atoms with Gasteiger partial charge in [-0.1, -0.05) is 17.3 Å². The third-order valence-electron chi connectivity index (χ3n) is 8.36. The van der Waals surface area contributed by atoms with E-state index in [1.54, 1.807) is 0 Å². The minimum atomic E-state index is -4.49. The van der Waals surface area contributed by atoms with Crippen LogP contribution in [0, 0.1) is 12.3 Å². The monoisotopic (exact) mass is 516 g/mol. The van der Waals surface area contributed by atoms with E-state index in [1.165, 1.54) is 23.5 Å². The minimum absolute atomic E-state index is 0.0108. The van der Waals surface area contributed by atoms with Gasteiger partial charge in [-0.15, -0.1) is 0 Å². The molecule has 0 radical (unpaired) electrons. The van der Waals surface area contributed by atoms with Crippen molar-refractivity contribution in [2.75, 3.05) is 18.0 Å². The van der Waals surface area contributed by atoms with Crippen molar-refractivity contribution in [2.24, 2.45) is 5.41 Å². The SMILES string of the molecule is Cc1cc2ccc(N3CCC4(C=C(c5c(-c6cnccc6C(F)(F)F)noc5C5CC5)C4)CC3)cc2cn1. The number of hydrogen-bond donors (Lipinski definition) is 0. The number of aryl methyl sites for hydroxylation is 1. The fourth-order valence-electron chi connectivity index (χ4n) is 6.10. The quantitative estimate of drug-likeness (QED) is 0.280. The zero-order chi connectivity index (χ0) is 26.1. The van der Waals surface area contributed by atoms with Gasteiger partial charge in [-0.2, -0.15) is 13.2 Å². The number of pyridine rings is 2.